The zero-order valence-corrected chi connectivity index (χ0v) is 11.7. The highest BCUT2D eigenvalue weighted by atomic mass is 32.1. The second-order valence-corrected chi connectivity index (χ2v) is 4.89. The highest BCUT2D eigenvalue weighted by Crippen LogP contribution is 2.23. The van der Waals surface area contributed by atoms with Crippen molar-refractivity contribution < 1.29 is 9.13 Å². The number of ether oxygens (including phenoxy) is 1. The van der Waals surface area contributed by atoms with E-state index in [0.29, 0.717) is 18.9 Å². The van der Waals surface area contributed by atoms with E-state index in [-0.39, 0.29) is 5.82 Å². The van der Waals surface area contributed by atoms with Gasteiger partial charge < -0.3 is 10.1 Å². The summed E-state index contributed by atoms with van der Waals surface area (Å²) in [4.78, 5) is 4.12. The summed E-state index contributed by atoms with van der Waals surface area (Å²) >= 11 is 1.50. The molecule has 1 heterocycles. The first kappa shape index (κ1) is 14.0. The van der Waals surface area contributed by atoms with Crippen LogP contribution in [0.2, 0.25) is 0 Å². The Labute approximate surface area is 116 Å². The van der Waals surface area contributed by atoms with E-state index < -0.39 is 0 Å². The molecular formula is C14H17FN2OS. The van der Waals surface area contributed by atoms with E-state index in [4.69, 9.17) is 4.74 Å². The number of rotatable bonds is 7. The van der Waals surface area contributed by atoms with Crippen LogP contribution in [0.4, 0.5) is 4.39 Å². The molecule has 5 heteroatoms. The highest BCUT2D eigenvalue weighted by Gasteiger charge is 2.10. The Kier molecular flexibility index (Phi) is 5.30. The van der Waals surface area contributed by atoms with Gasteiger partial charge >= 0.3 is 0 Å². The lowest BCUT2D eigenvalue weighted by Gasteiger charge is -2.12. The summed E-state index contributed by atoms with van der Waals surface area (Å²) in [6.07, 6.45) is 1.05. The van der Waals surface area contributed by atoms with Crippen molar-refractivity contribution in [2.75, 3.05) is 6.54 Å². The van der Waals surface area contributed by atoms with Gasteiger partial charge in [-0.3, -0.25) is 0 Å². The summed E-state index contributed by atoms with van der Waals surface area (Å²) < 4.78 is 19.4. The van der Waals surface area contributed by atoms with Gasteiger partial charge in [-0.2, -0.15) is 0 Å². The Hall–Kier alpha value is -1.46. The number of hydrogen-bond donors (Lipinski definition) is 1. The zero-order chi connectivity index (χ0) is 13.5. The zero-order valence-electron chi connectivity index (χ0n) is 10.9. The van der Waals surface area contributed by atoms with Crippen molar-refractivity contribution >= 4 is 11.3 Å². The summed E-state index contributed by atoms with van der Waals surface area (Å²) in [5.41, 5.74) is 3.40. The fraction of sp³-hybridized carbons (Fsp3) is 0.357. The summed E-state index contributed by atoms with van der Waals surface area (Å²) in [6, 6.07) is 5.00. The normalized spacial score (nSPS) is 10.6. The minimum atomic E-state index is -0.328. The van der Waals surface area contributed by atoms with E-state index >= 15 is 0 Å². The van der Waals surface area contributed by atoms with E-state index in [1.807, 2.05) is 11.4 Å². The Bertz CT molecular complexity index is 502. The first-order valence-electron chi connectivity index (χ1n) is 6.29. The van der Waals surface area contributed by atoms with Crippen molar-refractivity contribution in [3.05, 3.63) is 46.2 Å². The summed E-state index contributed by atoms with van der Waals surface area (Å²) in [5, 5.41) is 5.15. The molecule has 0 atom stereocenters. The van der Waals surface area contributed by atoms with Gasteiger partial charge in [-0.05, 0) is 19.0 Å². The first-order chi connectivity index (χ1) is 9.31. The van der Waals surface area contributed by atoms with Crippen LogP contribution in [0.3, 0.4) is 0 Å². The van der Waals surface area contributed by atoms with E-state index in [9.17, 15) is 4.39 Å². The van der Waals surface area contributed by atoms with E-state index in [1.54, 1.807) is 11.6 Å². The van der Waals surface area contributed by atoms with Gasteiger partial charge in [0, 0.05) is 17.5 Å². The Morgan fingerprint density at radius 1 is 1.42 bits per heavy atom. The van der Waals surface area contributed by atoms with Gasteiger partial charge in [0.25, 0.3) is 0 Å². The van der Waals surface area contributed by atoms with Crippen LogP contribution in [-0.4, -0.2) is 11.5 Å². The Morgan fingerprint density at radius 3 is 3.05 bits per heavy atom. The maximum absolute atomic E-state index is 13.8. The molecule has 0 saturated carbocycles. The van der Waals surface area contributed by atoms with Gasteiger partial charge in [-0.25, -0.2) is 9.37 Å². The van der Waals surface area contributed by atoms with E-state index in [1.165, 1.54) is 17.4 Å². The number of thiazole rings is 1. The lowest BCUT2D eigenvalue weighted by atomic mass is 10.2. The van der Waals surface area contributed by atoms with Crippen molar-refractivity contribution in [2.45, 2.75) is 26.5 Å². The van der Waals surface area contributed by atoms with Crippen LogP contribution in [0.1, 0.15) is 24.6 Å². The van der Waals surface area contributed by atoms with Crippen LogP contribution in [0, 0.1) is 5.82 Å². The second kappa shape index (κ2) is 7.21. The number of nitrogens with zero attached hydrogens (tertiary/aromatic N) is 1. The van der Waals surface area contributed by atoms with Crippen LogP contribution in [0.15, 0.2) is 29.1 Å². The number of halogens is 1. The van der Waals surface area contributed by atoms with Gasteiger partial charge in [0.2, 0.25) is 0 Å². The average Bonchev–Trinajstić information content (AvgIpc) is 2.91. The molecule has 0 amide bonds. The molecule has 0 radical (unpaired) electrons. The van der Waals surface area contributed by atoms with Crippen LogP contribution >= 0.6 is 11.3 Å². The van der Waals surface area contributed by atoms with E-state index in [2.05, 4.69) is 17.2 Å². The molecular weight excluding hydrogens is 263 g/mol. The summed E-state index contributed by atoms with van der Waals surface area (Å²) in [7, 11) is 0. The maximum Gasteiger partial charge on any atom is 0.165 e. The van der Waals surface area contributed by atoms with E-state index in [0.717, 1.165) is 24.2 Å². The largest absolute Gasteiger partial charge is 0.484 e. The number of nitrogens with one attached hydrogen (secondary N) is 1. The lowest BCUT2D eigenvalue weighted by molar-refractivity contribution is 0.282. The lowest BCUT2D eigenvalue weighted by Crippen LogP contribution is -2.15. The SMILES string of the molecule is CCCNCc1cccc(F)c1OCc1cscn1. The molecule has 0 aliphatic carbocycles. The minimum Gasteiger partial charge on any atom is -0.484 e. The Balaban J connectivity index is 2.04. The third-order valence-electron chi connectivity index (χ3n) is 2.64. The molecule has 2 rings (SSSR count). The quantitative estimate of drug-likeness (QED) is 0.790. The van der Waals surface area contributed by atoms with Gasteiger partial charge in [0.15, 0.2) is 11.6 Å². The molecule has 0 unspecified atom stereocenters. The van der Waals surface area contributed by atoms with Crippen LogP contribution in [0.5, 0.6) is 5.75 Å². The van der Waals surface area contributed by atoms with Crippen molar-refractivity contribution in [3.63, 3.8) is 0 Å². The molecule has 0 saturated heterocycles. The number of benzene rings is 1. The molecule has 1 aromatic heterocycles. The average molecular weight is 280 g/mol. The molecule has 1 aromatic carbocycles. The standard InChI is InChI=1S/C14H17FN2OS/c1-2-6-16-7-11-4-3-5-13(15)14(11)18-8-12-9-19-10-17-12/h3-5,9-10,16H,2,6-8H2,1H3. The van der Waals surface area contributed by atoms with Crippen molar-refractivity contribution in [1.82, 2.24) is 10.3 Å². The topological polar surface area (TPSA) is 34.1 Å². The molecule has 0 aliphatic rings. The van der Waals surface area contributed by atoms with Crippen molar-refractivity contribution in [1.29, 1.82) is 0 Å². The summed E-state index contributed by atoms with van der Waals surface area (Å²) in [5.74, 6) is -0.00914. The predicted molar refractivity (Wildman–Crippen MR) is 74.8 cm³/mol. The monoisotopic (exact) mass is 280 g/mol. The molecule has 0 spiro atoms. The third kappa shape index (κ3) is 4.01. The van der Waals surface area contributed by atoms with Crippen LogP contribution < -0.4 is 10.1 Å². The predicted octanol–water partition coefficient (Wildman–Crippen LogP) is 3.36. The van der Waals surface area contributed by atoms with Gasteiger partial charge in [0.1, 0.15) is 6.61 Å². The molecule has 0 aliphatic heterocycles. The fourth-order valence-electron chi connectivity index (χ4n) is 1.71. The van der Waals surface area contributed by atoms with Gasteiger partial charge in [0.05, 0.1) is 11.2 Å². The molecule has 1 N–H and O–H groups in total. The number of hydrogen-bond acceptors (Lipinski definition) is 4. The second-order valence-electron chi connectivity index (χ2n) is 4.17. The molecule has 102 valence electrons. The highest BCUT2D eigenvalue weighted by molar-refractivity contribution is 7.07. The van der Waals surface area contributed by atoms with Gasteiger partial charge in [-0.15, -0.1) is 11.3 Å². The molecule has 2 aromatic rings. The van der Waals surface area contributed by atoms with Crippen LogP contribution in [0.25, 0.3) is 0 Å². The Morgan fingerprint density at radius 2 is 2.32 bits per heavy atom. The smallest absolute Gasteiger partial charge is 0.165 e. The maximum atomic E-state index is 13.8. The van der Waals surface area contributed by atoms with Crippen molar-refractivity contribution in [3.8, 4) is 5.75 Å². The van der Waals surface area contributed by atoms with Crippen LogP contribution in [-0.2, 0) is 13.2 Å². The molecule has 0 bridgehead atoms. The number of para-hydroxylation sites is 1. The van der Waals surface area contributed by atoms with Gasteiger partial charge in [-0.1, -0.05) is 19.1 Å². The molecule has 0 fully saturated rings. The first-order valence-corrected chi connectivity index (χ1v) is 7.23. The molecule has 3 nitrogen and oxygen atoms in total. The summed E-state index contributed by atoms with van der Waals surface area (Å²) in [6.45, 7) is 3.91. The number of aromatic nitrogens is 1. The fourth-order valence-corrected chi connectivity index (χ4v) is 2.25. The molecule has 19 heavy (non-hydrogen) atoms. The third-order valence-corrected chi connectivity index (χ3v) is 3.27. The minimum absolute atomic E-state index is 0.297. The van der Waals surface area contributed by atoms with Crippen molar-refractivity contribution in [2.24, 2.45) is 0 Å².